The van der Waals surface area contributed by atoms with Crippen molar-refractivity contribution in [1.82, 2.24) is 4.90 Å². The number of carbonyl (C=O) groups excluding carboxylic acids is 1. The third kappa shape index (κ3) is 4.72. The van der Waals surface area contributed by atoms with Crippen LogP contribution in [0.5, 0.6) is 5.75 Å². The van der Waals surface area contributed by atoms with Gasteiger partial charge >= 0.3 is 0 Å². The molecule has 0 aromatic heterocycles. The lowest BCUT2D eigenvalue weighted by Crippen LogP contribution is -2.36. The first kappa shape index (κ1) is 15.1. The highest BCUT2D eigenvalue weighted by Crippen LogP contribution is 2.24. The van der Waals surface area contributed by atoms with Gasteiger partial charge in [0.15, 0.2) is 6.61 Å². The number of benzene rings is 1. The molecule has 0 bridgehead atoms. The number of likely N-dealkylation sites (N-methyl/N-ethyl adjacent to an activating group) is 1. The van der Waals surface area contributed by atoms with Crippen molar-refractivity contribution in [3.63, 3.8) is 0 Å². The molecule has 0 saturated heterocycles. The topological polar surface area (TPSA) is 49.8 Å². The Morgan fingerprint density at radius 2 is 1.94 bits per heavy atom. The SMILES string of the molecule is CCN(CCO)C(=O)COc1cc(Cl)cc(Cl)c1. The Morgan fingerprint density at radius 3 is 2.44 bits per heavy atom. The van der Waals surface area contributed by atoms with Crippen molar-refractivity contribution in [2.24, 2.45) is 0 Å². The molecule has 0 atom stereocenters. The Hall–Kier alpha value is -0.970. The van der Waals surface area contributed by atoms with E-state index in [0.29, 0.717) is 28.9 Å². The minimum absolute atomic E-state index is 0.0669. The Kier molecular flexibility index (Phi) is 6.25. The minimum Gasteiger partial charge on any atom is -0.484 e. The second-order valence-electron chi connectivity index (χ2n) is 3.59. The van der Waals surface area contributed by atoms with Crippen LogP contribution < -0.4 is 4.74 Å². The number of hydrogen-bond acceptors (Lipinski definition) is 3. The highest BCUT2D eigenvalue weighted by atomic mass is 35.5. The molecular formula is C12H15Cl2NO3. The molecule has 1 rings (SSSR count). The Labute approximate surface area is 116 Å². The van der Waals surface area contributed by atoms with Gasteiger partial charge in [-0.05, 0) is 25.1 Å². The summed E-state index contributed by atoms with van der Waals surface area (Å²) in [6.45, 7) is 2.49. The van der Waals surface area contributed by atoms with E-state index in [-0.39, 0.29) is 19.1 Å². The molecule has 6 heteroatoms. The van der Waals surface area contributed by atoms with E-state index in [4.69, 9.17) is 33.0 Å². The first-order valence-electron chi connectivity index (χ1n) is 5.54. The predicted molar refractivity (Wildman–Crippen MR) is 71.3 cm³/mol. The molecule has 0 spiro atoms. The normalized spacial score (nSPS) is 10.2. The monoisotopic (exact) mass is 291 g/mol. The minimum atomic E-state index is -0.192. The van der Waals surface area contributed by atoms with Gasteiger partial charge in [0.05, 0.1) is 6.61 Å². The molecule has 1 N–H and O–H groups in total. The van der Waals surface area contributed by atoms with Crippen LogP contribution in [0.1, 0.15) is 6.92 Å². The van der Waals surface area contributed by atoms with Gasteiger partial charge in [-0.15, -0.1) is 0 Å². The van der Waals surface area contributed by atoms with Crippen molar-refractivity contribution in [1.29, 1.82) is 0 Å². The summed E-state index contributed by atoms with van der Waals surface area (Å²) in [5, 5.41) is 9.71. The fraction of sp³-hybridized carbons (Fsp3) is 0.417. The lowest BCUT2D eigenvalue weighted by Gasteiger charge is -2.19. The summed E-state index contributed by atoms with van der Waals surface area (Å²) >= 11 is 11.6. The predicted octanol–water partition coefficient (Wildman–Crippen LogP) is 2.21. The van der Waals surface area contributed by atoms with Crippen LogP contribution in [0.25, 0.3) is 0 Å². The van der Waals surface area contributed by atoms with Crippen LogP contribution in [0, 0.1) is 0 Å². The number of aliphatic hydroxyl groups excluding tert-OH is 1. The number of hydrogen-bond donors (Lipinski definition) is 1. The van der Waals surface area contributed by atoms with Gasteiger partial charge in [-0.3, -0.25) is 4.79 Å². The Balaban J connectivity index is 2.56. The summed E-state index contributed by atoms with van der Waals surface area (Å²) in [6, 6.07) is 4.76. The largest absolute Gasteiger partial charge is 0.484 e. The molecule has 4 nitrogen and oxygen atoms in total. The summed E-state index contributed by atoms with van der Waals surface area (Å²) in [5.74, 6) is 0.253. The summed E-state index contributed by atoms with van der Waals surface area (Å²) in [6.07, 6.45) is 0. The number of aliphatic hydroxyl groups is 1. The molecule has 0 radical (unpaired) electrons. The lowest BCUT2D eigenvalue weighted by molar-refractivity contribution is -0.133. The molecular weight excluding hydrogens is 277 g/mol. The number of rotatable bonds is 6. The molecule has 0 aliphatic carbocycles. The number of amides is 1. The van der Waals surface area contributed by atoms with Crippen molar-refractivity contribution >= 4 is 29.1 Å². The number of ether oxygens (including phenoxy) is 1. The second kappa shape index (κ2) is 7.46. The molecule has 1 aromatic carbocycles. The van der Waals surface area contributed by atoms with E-state index in [1.54, 1.807) is 18.2 Å². The zero-order chi connectivity index (χ0) is 13.5. The second-order valence-corrected chi connectivity index (χ2v) is 4.46. The van der Waals surface area contributed by atoms with Gasteiger partial charge in [0, 0.05) is 23.1 Å². The molecule has 0 aliphatic heterocycles. The van der Waals surface area contributed by atoms with Crippen LogP contribution in [0.3, 0.4) is 0 Å². The third-order valence-electron chi connectivity index (χ3n) is 2.30. The maximum atomic E-state index is 11.7. The molecule has 0 fully saturated rings. The van der Waals surface area contributed by atoms with E-state index in [9.17, 15) is 4.79 Å². The van der Waals surface area contributed by atoms with Crippen molar-refractivity contribution in [3.8, 4) is 5.75 Å². The van der Waals surface area contributed by atoms with Crippen LogP contribution in [0.15, 0.2) is 18.2 Å². The van der Waals surface area contributed by atoms with E-state index >= 15 is 0 Å². The fourth-order valence-corrected chi connectivity index (χ4v) is 1.93. The summed E-state index contributed by atoms with van der Waals surface area (Å²) in [4.78, 5) is 13.2. The number of nitrogens with zero attached hydrogens (tertiary/aromatic N) is 1. The van der Waals surface area contributed by atoms with Gasteiger partial charge in [-0.2, -0.15) is 0 Å². The fourth-order valence-electron chi connectivity index (χ4n) is 1.43. The quantitative estimate of drug-likeness (QED) is 0.874. The van der Waals surface area contributed by atoms with Gasteiger partial charge in [-0.25, -0.2) is 0 Å². The molecule has 1 aromatic rings. The van der Waals surface area contributed by atoms with Crippen molar-refractivity contribution < 1.29 is 14.6 Å². The van der Waals surface area contributed by atoms with Crippen molar-refractivity contribution in [2.75, 3.05) is 26.3 Å². The maximum absolute atomic E-state index is 11.7. The first-order chi connectivity index (χ1) is 8.56. The van der Waals surface area contributed by atoms with E-state index in [1.165, 1.54) is 4.90 Å². The average Bonchev–Trinajstić information content (AvgIpc) is 2.32. The summed E-state index contributed by atoms with van der Waals surface area (Å²) in [5.41, 5.74) is 0. The summed E-state index contributed by atoms with van der Waals surface area (Å²) in [7, 11) is 0. The van der Waals surface area contributed by atoms with E-state index < -0.39 is 0 Å². The smallest absolute Gasteiger partial charge is 0.260 e. The van der Waals surface area contributed by atoms with Crippen LogP contribution in [0.2, 0.25) is 10.0 Å². The van der Waals surface area contributed by atoms with Gasteiger partial charge in [0.25, 0.3) is 5.91 Å². The van der Waals surface area contributed by atoms with Gasteiger partial charge in [-0.1, -0.05) is 23.2 Å². The van der Waals surface area contributed by atoms with Crippen LogP contribution >= 0.6 is 23.2 Å². The Morgan fingerprint density at radius 1 is 1.33 bits per heavy atom. The van der Waals surface area contributed by atoms with Gasteiger partial charge in [0.1, 0.15) is 5.75 Å². The third-order valence-corrected chi connectivity index (χ3v) is 2.74. The van der Waals surface area contributed by atoms with Crippen LogP contribution in [-0.4, -0.2) is 42.2 Å². The molecule has 0 heterocycles. The number of halogens is 2. The maximum Gasteiger partial charge on any atom is 0.260 e. The zero-order valence-corrected chi connectivity index (χ0v) is 11.5. The first-order valence-corrected chi connectivity index (χ1v) is 6.30. The van der Waals surface area contributed by atoms with Gasteiger partial charge in [0.2, 0.25) is 0 Å². The van der Waals surface area contributed by atoms with E-state index in [0.717, 1.165) is 0 Å². The average molecular weight is 292 g/mol. The van der Waals surface area contributed by atoms with Crippen molar-refractivity contribution in [2.45, 2.75) is 6.92 Å². The molecule has 0 unspecified atom stereocenters. The van der Waals surface area contributed by atoms with Gasteiger partial charge < -0.3 is 14.7 Å². The highest BCUT2D eigenvalue weighted by Gasteiger charge is 2.11. The standard InChI is InChI=1S/C12H15Cl2NO3/c1-2-15(3-4-16)12(17)8-18-11-6-9(13)5-10(14)7-11/h5-7,16H,2-4,8H2,1H3. The molecule has 1 amide bonds. The number of carbonyl (C=O) groups is 1. The van der Waals surface area contributed by atoms with Crippen molar-refractivity contribution in [3.05, 3.63) is 28.2 Å². The molecule has 0 aliphatic rings. The van der Waals surface area contributed by atoms with E-state index in [2.05, 4.69) is 0 Å². The molecule has 0 saturated carbocycles. The van der Waals surface area contributed by atoms with Crippen LogP contribution in [0.4, 0.5) is 0 Å². The zero-order valence-electron chi connectivity index (χ0n) is 10.0. The lowest BCUT2D eigenvalue weighted by atomic mass is 10.3. The molecule has 100 valence electrons. The Bertz CT molecular complexity index is 392. The summed E-state index contributed by atoms with van der Waals surface area (Å²) < 4.78 is 5.32. The molecule has 18 heavy (non-hydrogen) atoms. The highest BCUT2D eigenvalue weighted by molar-refractivity contribution is 6.34. The van der Waals surface area contributed by atoms with E-state index in [1.807, 2.05) is 6.92 Å². The van der Waals surface area contributed by atoms with Crippen LogP contribution in [-0.2, 0) is 4.79 Å².